The summed E-state index contributed by atoms with van der Waals surface area (Å²) in [5.41, 5.74) is 1.02. The fourth-order valence-corrected chi connectivity index (χ4v) is 2.72. The summed E-state index contributed by atoms with van der Waals surface area (Å²) in [4.78, 5) is 51.3. The summed E-state index contributed by atoms with van der Waals surface area (Å²) in [7, 11) is 0. The van der Waals surface area contributed by atoms with Crippen LogP contribution in [0.2, 0.25) is 0 Å². The minimum absolute atomic E-state index is 0.226. The van der Waals surface area contributed by atoms with E-state index in [1.54, 1.807) is 42.5 Å². The molecule has 0 saturated carbocycles. The summed E-state index contributed by atoms with van der Waals surface area (Å²) in [6.45, 7) is 3.95. The van der Waals surface area contributed by atoms with E-state index in [0.29, 0.717) is 22.8 Å². The molecule has 0 atom stereocenters. The predicted molar refractivity (Wildman–Crippen MR) is 102 cm³/mol. The average Bonchev–Trinajstić information content (AvgIpc) is 3.00. The van der Waals surface area contributed by atoms with Crippen molar-refractivity contribution in [3.63, 3.8) is 0 Å². The lowest BCUT2D eigenvalue weighted by molar-refractivity contribution is -0.123. The van der Waals surface area contributed by atoms with Gasteiger partial charge in [0.15, 0.2) is 0 Å². The van der Waals surface area contributed by atoms with Crippen molar-refractivity contribution < 1.29 is 23.9 Å². The van der Waals surface area contributed by atoms with E-state index in [1.165, 1.54) is 17.0 Å². The Morgan fingerprint density at radius 3 is 2.21 bits per heavy atom. The standard InChI is InChI=1S/C21H20N2O5/c1-14(2)13-28-20(26)16-8-10-17(11-9-16)22-12-18(24)23(21(22)27)19(25)15-6-4-3-5-7-15/h3-11,14H,12-13H2,1-2H3. The maximum atomic E-state index is 12.6. The van der Waals surface area contributed by atoms with E-state index in [2.05, 4.69) is 0 Å². The molecule has 1 aliphatic heterocycles. The molecule has 7 heteroatoms. The van der Waals surface area contributed by atoms with Crippen molar-refractivity contribution in [2.45, 2.75) is 13.8 Å². The number of benzene rings is 2. The number of ether oxygens (including phenoxy) is 1. The third kappa shape index (κ3) is 3.93. The van der Waals surface area contributed by atoms with Crippen LogP contribution in [-0.2, 0) is 9.53 Å². The zero-order valence-electron chi connectivity index (χ0n) is 15.6. The van der Waals surface area contributed by atoms with Gasteiger partial charge in [0.1, 0.15) is 6.54 Å². The van der Waals surface area contributed by atoms with Crippen LogP contribution in [0.3, 0.4) is 0 Å². The molecule has 1 heterocycles. The molecule has 0 radical (unpaired) electrons. The first kappa shape index (κ1) is 19.3. The smallest absolute Gasteiger partial charge is 0.338 e. The summed E-state index contributed by atoms with van der Waals surface area (Å²) in [6.07, 6.45) is 0. The fourth-order valence-electron chi connectivity index (χ4n) is 2.72. The zero-order valence-corrected chi connectivity index (χ0v) is 15.6. The normalized spacial score (nSPS) is 14.0. The van der Waals surface area contributed by atoms with Gasteiger partial charge in [-0.25, -0.2) is 9.59 Å². The van der Waals surface area contributed by atoms with Gasteiger partial charge in [-0.1, -0.05) is 32.0 Å². The third-order valence-corrected chi connectivity index (χ3v) is 4.15. The maximum Gasteiger partial charge on any atom is 0.338 e. The third-order valence-electron chi connectivity index (χ3n) is 4.15. The number of hydrogen-bond acceptors (Lipinski definition) is 5. The van der Waals surface area contributed by atoms with Gasteiger partial charge in [-0.05, 0) is 42.3 Å². The number of imide groups is 3. The monoisotopic (exact) mass is 380 g/mol. The van der Waals surface area contributed by atoms with Gasteiger partial charge in [0.25, 0.3) is 11.8 Å². The van der Waals surface area contributed by atoms with Crippen molar-refractivity contribution >= 4 is 29.5 Å². The highest BCUT2D eigenvalue weighted by atomic mass is 16.5. The van der Waals surface area contributed by atoms with Crippen molar-refractivity contribution in [1.29, 1.82) is 0 Å². The highest BCUT2D eigenvalue weighted by Crippen LogP contribution is 2.23. The van der Waals surface area contributed by atoms with Crippen LogP contribution in [0.25, 0.3) is 0 Å². The summed E-state index contributed by atoms with van der Waals surface area (Å²) >= 11 is 0. The van der Waals surface area contributed by atoms with Crippen molar-refractivity contribution in [3.05, 3.63) is 65.7 Å². The Kier molecular flexibility index (Phi) is 5.54. The first-order valence-electron chi connectivity index (χ1n) is 8.89. The summed E-state index contributed by atoms with van der Waals surface area (Å²) in [6, 6.07) is 13.6. The summed E-state index contributed by atoms with van der Waals surface area (Å²) in [5, 5.41) is 0. The van der Waals surface area contributed by atoms with E-state index in [9.17, 15) is 19.2 Å². The summed E-state index contributed by atoms with van der Waals surface area (Å²) < 4.78 is 5.16. The molecule has 1 aliphatic rings. The lowest BCUT2D eigenvalue weighted by atomic mass is 10.2. The average molecular weight is 380 g/mol. The van der Waals surface area contributed by atoms with Crippen LogP contribution in [0.15, 0.2) is 54.6 Å². The van der Waals surface area contributed by atoms with Crippen molar-refractivity contribution in [2.75, 3.05) is 18.1 Å². The number of nitrogens with zero attached hydrogens (tertiary/aromatic N) is 2. The van der Waals surface area contributed by atoms with Gasteiger partial charge < -0.3 is 4.74 Å². The molecule has 1 fully saturated rings. The number of esters is 1. The van der Waals surface area contributed by atoms with Crippen molar-refractivity contribution in [2.24, 2.45) is 5.92 Å². The fraction of sp³-hybridized carbons (Fsp3) is 0.238. The number of rotatable bonds is 5. The molecule has 2 aromatic carbocycles. The zero-order chi connectivity index (χ0) is 20.3. The van der Waals surface area contributed by atoms with Crippen LogP contribution in [0.1, 0.15) is 34.6 Å². The molecule has 0 aliphatic carbocycles. The second kappa shape index (κ2) is 8.04. The molecule has 2 aromatic rings. The molecule has 3 rings (SSSR count). The number of hydrogen-bond donors (Lipinski definition) is 0. The van der Waals surface area contributed by atoms with Gasteiger partial charge >= 0.3 is 12.0 Å². The maximum absolute atomic E-state index is 12.6. The number of carbonyl (C=O) groups is 4. The van der Waals surface area contributed by atoms with Gasteiger partial charge in [-0.2, -0.15) is 4.90 Å². The number of anilines is 1. The Morgan fingerprint density at radius 1 is 0.964 bits per heavy atom. The van der Waals surface area contributed by atoms with Crippen LogP contribution in [-0.4, -0.2) is 41.9 Å². The molecule has 0 unspecified atom stereocenters. The number of amides is 4. The second-order valence-corrected chi connectivity index (χ2v) is 6.81. The van der Waals surface area contributed by atoms with E-state index in [0.717, 1.165) is 0 Å². The molecule has 7 nitrogen and oxygen atoms in total. The van der Waals surface area contributed by atoms with Crippen LogP contribution in [0.4, 0.5) is 10.5 Å². The van der Waals surface area contributed by atoms with Gasteiger partial charge in [-0.3, -0.25) is 14.5 Å². The minimum atomic E-state index is -0.714. The van der Waals surface area contributed by atoms with E-state index in [4.69, 9.17) is 4.74 Å². The van der Waals surface area contributed by atoms with Gasteiger partial charge in [-0.15, -0.1) is 0 Å². The SMILES string of the molecule is CC(C)COC(=O)c1ccc(N2CC(=O)N(C(=O)c3ccccc3)C2=O)cc1. The molecule has 0 spiro atoms. The Morgan fingerprint density at radius 2 is 1.61 bits per heavy atom. The largest absolute Gasteiger partial charge is 0.462 e. The molecule has 1 saturated heterocycles. The molecule has 0 N–H and O–H groups in total. The van der Waals surface area contributed by atoms with E-state index >= 15 is 0 Å². The predicted octanol–water partition coefficient (Wildman–Crippen LogP) is 3.11. The summed E-state index contributed by atoms with van der Waals surface area (Å²) in [5.74, 6) is -1.49. The van der Waals surface area contributed by atoms with Crippen molar-refractivity contribution in [1.82, 2.24) is 4.90 Å². The molecular formula is C21H20N2O5. The van der Waals surface area contributed by atoms with Gasteiger partial charge in [0.2, 0.25) is 0 Å². The Labute approximate surface area is 162 Å². The first-order chi connectivity index (χ1) is 13.4. The van der Waals surface area contributed by atoms with Gasteiger partial charge in [0.05, 0.1) is 12.2 Å². The second-order valence-electron chi connectivity index (χ2n) is 6.81. The minimum Gasteiger partial charge on any atom is -0.462 e. The Hall–Kier alpha value is -3.48. The van der Waals surface area contributed by atoms with Crippen LogP contribution >= 0.6 is 0 Å². The van der Waals surface area contributed by atoms with E-state index < -0.39 is 23.8 Å². The quantitative estimate of drug-likeness (QED) is 0.452. The molecular weight excluding hydrogens is 360 g/mol. The van der Waals surface area contributed by atoms with E-state index in [-0.39, 0.29) is 18.0 Å². The lowest BCUT2D eigenvalue weighted by Gasteiger charge is -2.16. The number of urea groups is 1. The topological polar surface area (TPSA) is 84.0 Å². The highest BCUT2D eigenvalue weighted by molar-refractivity contribution is 6.24. The Balaban J connectivity index is 1.74. The lowest BCUT2D eigenvalue weighted by Crippen LogP contribution is -2.38. The van der Waals surface area contributed by atoms with Crippen molar-refractivity contribution in [3.8, 4) is 0 Å². The molecule has 0 aromatic heterocycles. The number of carbonyl (C=O) groups excluding carboxylic acids is 4. The van der Waals surface area contributed by atoms with Crippen LogP contribution in [0.5, 0.6) is 0 Å². The van der Waals surface area contributed by atoms with Gasteiger partial charge in [0, 0.05) is 11.3 Å². The molecule has 144 valence electrons. The molecule has 4 amide bonds. The molecule has 0 bridgehead atoms. The Bertz CT molecular complexity index is 906. The van der Waals surface area contributed by atoms with E-state index in [1.807, 2.05) is 13.8 Å². The first-order valence-corrected chi connectivity index (χ1v) is 8.89. The molecule has 28 heavy (non-hydrogen) atoms. The van der Waals surface area contributed by atoms with Crippen LogP contribution in [0, 0.1) is 5.92 Å². The highest BCUT2D eigenvalue weighted by Gasteiger charge is 2.41. The van der Waals surface area contributed by atoms with Crippen LogP contribution < -0.4 is 4.90 Å².